The molecule has 0 radical (unpaired) electrons. The SMILES string of the molecule is COCC(CCCl)Nc1cc(C)nc(C(C)C)n1. The molecule has 1 heterocycles. The number of alkyl halides is 1. The molecule has 1 aromatic heterocycles. The van der Waals surface area contributed by atoms with Crippen molar-refractivity contribution in [3.63, 3.8) is 0 Å². The van der Waals surface area contributed by atoms with E-state index in [0.717, 1.165) is 23.8 Å². The fourth-order valence-corrected chi connectivity index (χ4v) is 1.93. The Bertz CT molecular complexity index is 365. The van der Waals surface area contributed by atoms with Gasteiger partial charge in [-0.15, -0.1) is 11.6 Å². The van der Waals surface area contributed by atoms with E-state index in [4.69, 9.17) is 16.3 Å². The van der Waals surface area contributed by atoms with E-state index in [-0.39, 0.29) is 6.04 Å². The van der Waals surface area contributed by atoms with Crippen LogP contribution in [-0.2, 0) is 4.74 Å². The van der Waals surface area contributed by atoms with Crippen LogP contribution >= 0.6 is 11.6 Å². The number of nitrogens with one attached hydrogen (secondary N) is 1. The summed E-state index contributed by atoms with van der Waals surface area (Å²) in [5.74, 6) is 2.62. The highest BCUT2D eigenvalue weighted by Gasteiger charge is 2.11. The fraction of sp³-hybridized carbons (Fsp3) is 0.692. The number of hydrogen-bond acceptors (Lipinski definition) is 4. The summed E-state index contributed by atoms with van der Waals surface area (Å²) in [6.45, 7) is 6.77. The maximum Gasteiger partial charge on any atom is 0.133 e. The lowest BCUT2D eigenvalue weighted by atomic mass is 10.2. The molecule has 0 fully saturated rings. The molecule has 0 aliphatic heterocycles. The Morgan fingerprint density at radius 3 is 2.67 bits per heavy atom. The molecule has 0 bridgehead atoms. The molecule has 0 aliphatic rings. The summed E-state index contributed by atoms with van der Waals surface area (Å²) >= 11 is 5.78. The van der Waals surface area contributed by atoms with E-state index in [1.807, 2.05) is 13.0 Å². The van der Waals surface area contributed by atoms with Crippen molar-refractivity contribution in [1.29, 1.82) is 0 Å². The molecule has 102 valence electrons. The Kier molecular flexibility index (Phi) is 6.36. The predicted octanol–water partition coefficient (Wildman–Crippen LogP) is 2.96. The van der Waals surface area contributed by atoms with Crippen LogP contribution in [0.25, 0.3) is 0 Å². The van der Waals surface area contributed by atoms with E-state index in [9.17, 15) is 0 Å². The number of aromatic nitrogens is 2. The molecule has 1 rings (SSSR count). The van der Waals surface area contributed by atoms with E-state index in [1.165, 1.54) is 0 Å². The molecule has 0 aromatic carbocycles. The van der Waals surface area contributed by atoms with Crippen LogP contribution in [0.2, 0.25) is 0 Å². The number of rotatable bonds is 7. The van der Waals surface area contributed by atoms with Gasteiger partial charge < -0.3 is 10.1 Å². The van der Waals surface area contributed by atoms with Crippen LogP contribution in [0.3, 0.4) is 0 Å². The number of methoxy groups -OCH3 is 1. The lowest BCUT2D eigenvalue weighted by Crippen LogP contribution is -2.26. The first-order valence-corrected chi connectivity index (χ1v) is 6.77. The zero-order valence-electron chi connectivity index (χ0n) is 11.5. The summed E-state index contributed by atoms with van der Waals surface area (Å²) in [4.78, 5) is 8.94. The van der Waals surface area contributed by atoms with E-state index in [1.54, 1.807) is 7.11 Å². The first-order valence-electron chi connectivity index (χ1n) is 6.23. The number of anilines is 1. The van der Waals surface area contributed by atoms with Crippen LogP contribution in [0.15, 0.2) is 6.07 Å². The van der Waals surface area contributed by atoms with Gasteiger partial charge in [-0.1, -0.05) is 13.8 Å². The number of nitrogens with zero attached hydrogens (tertiary/aromatic N) is 2. The smallest absolute Gasteiger partial charge is 0.133 e. The zero-order valence-corrected chi connectivity index (χ0v) is 12.3. The normalized spacial score (nSPS) is 12.8. The summed E-state index contributed by atoms with van der Waals surface area (Å²) in [5, 5.41) is 3.36. The van der Waals surface area contributed by atoms with Crippen molar-refractivity contribution in [3.8, 4) is 0 Å². The molecule has 0 spiro atoms. The Labute approximate surface area is 114 Å². The molecule has 0 amide bonds. The summed E-state index contributed by atoms with van der Waals surface area (Å²) in [6.07, 6.45) is 0.843. The first kappa shape index (κ1) is 15.2. The van der Waals surface area contributed by atoms with Gasteiger partial charge in [0.25, 0.3) is 0 Å². The topological polar surface area (TPSA) is 47.0 Å². The molecule has 0 saturated carbocycles. The minimum Gasteiger partial charge on any atom is -0.383 e. The maximum absolute atomic E-state index is 5.78. The average Bonchev–Trinajstić information content (AvgIpc) is 2.28. The molecule has 1 unspecified atom stereocenters. The Morgan fingerprint density at radius 1 is 1.39 bits per heavy atom. The second-order valence-corrected chi connectivity index (χ2v) is 5.06. The largest absolute Gasteiger partial charge is 0.383 e. The average molecular weight is 272 g/mol. The van der Waals surface area contributed by atoms with Crippen LogP contribution in [-0.4, -0.2) is 35.6 Å². The van der Waals surface area contributed by atoms with Gasteiger partial charge in [-0.3, -0.25) is 0 Å². The van der Waals surface area contributed by atoms with Crippen molar-refractivity contribution in [2.75, 3.05) is 24.9 Å². The van der Waals surface area contributed by atoms with E-state index >= 15 is 0 Å². The van der Waals surface area contributed by atoms with Gasteiger partial charge in [-0.2, -0.15) is 0 Å². The molecule has 5 heteroatoms. The summed E-state index contributed by atoms with van der Waals surface area (Å²) in [5.41, 5.74) is 0.971. The van der Waals surface area contributed by atoms with Gasteiger partial charge in [0.2, 0.25) is 0 Å². The van der Waals surface area contributed by atoms with Gasteiger partial charge in [-0.25, -0.2) is 9.97 Å². The minimum atomic E-state index is 0.182. The van der Waals surface area contributed by atoms with Crippen molar-refractivity contribution in [2.24, 2.45) is 0 Å². The number of aryl methyl sites for hydroxylation is 1. The molecule has 0 aliphatic carbocycles. The highest BCUT2D eigenvalue weighted by molar-refractivity contribution is 6.17. The third kappa shape index (κ3) is 4.78. The Hall–Kier alpha value is -0.870. The highest BCUT2D eigenvalue weighted by atomic mass is 35.5. The zero-order chi connectivity index (χ0) is 13.5. The lowest BCUT2D eigenvalue weighted by molar-refractivity contribution is 0.184. The highest BCUT2D eigenvalue weighted by Crippen LogP contribution is 2.15. The van der Waals surface area contributed by atoms with Crippen molar-refractivity contribution in [2.45, 2.75) is 39.2 Å². The molecular formula is C13H22ClN3O. The number of hydrogen-bond donors (Lipinski definition) is 1. The lowest BCUT2D eigenvalue weighted by Gasteiger charge is -2.18. The van der Waals surface area contributed by atoms with Crippen LogP contribution < -0.4 is 5.32 Å². The third-order valence-electron chi connectivity index (χ3n) is 2.57. The summed E-state index contributed by atoms with van der Waals surface area (Å²) < 4.78 is 5.17. The van der Waals surface area contributed by atoms with Gasteiger partial charge in [0, 0.05) is 30.7 Å². The molecule has 1 atom stereocenters. The van der Waals surface area contributed by atoms with Crippen LogP contribution in [0.5, 0.6) is 0 Å². The minimum absolute atomic E-state index is 0.182. The molecular weight excluding hydrogens is 250 g/mol. The summed E-state index contributed by atoms with van der Waals surface area (Å²) in [7, 11) is 1.69. The molecule has 1 aromatic rings. The molecule has 1 N–H and O–H groups in total. The van der Waals surface area contributed by atoms with Gasteiger partial charge in [0.15, 0.2) is 0 Å². The monoisotopic (exact) mass is 271 g/mol. The molecule has 18 heavy (non-hydrogen) atoms. The van der Waals surface area contributed by atoms with Crippen LogP contribution in [0, 0.1) is 6.92 Å². The van der Waals surface area contributed by atoms with Gasteiger partial charge in [0.05, 0.1) is 12.6 Å². The van der Waals surface area contributed by atoms with Crippen LogP contribution in [0.4, 0.5) is 5.82 Å². The molecule has 0 saturated heterocycles. The van der Waals surface area contributed by atoms with Gasteiger partial charge in [-0.05, 0) is 13.3 Å². The van der Waals surface area contributed by atoms with Crippen molar-refractivity contribution >= 4 is 17.4 Å². The quantitative estimate of drug-likeness (QED) is 0.775. The Morgan fingerprint density at radius 2 is 2.11 bits per heavy atom. The fourth-order valence-electron chi connectivity index (χ4n) is 1.66. The third-order valence-corrected chi connectivity index (χ3v) is 2.78. The van der Waals surface area contributed by atoms with E-state index < -0.39 is 0 Å². The van der Waals surface area contributed by atoms with E-state index in [0.29, 0.717) is 18.4 Å². The van der Waals surface area contributed by atoms with E-state index in [2.05, 4.69) is 29.1 Å². The number of halogens is 1. The van der Waals surface area contributed by atoms with Gasteiger partial charge >= 0.3 is 0 Å². The standard InChI is InChI=1S/C13H22ClN3O/c1-9(2)13-15-10(3)7-12(17-13)16-11(5-6-14)8-18-4/h7,9,11H,5-6,8H2,1-4H3,(H,15,16,17). The maximum atomic E-state index is 5.78. The Balaban J connectivity index is 2.81. The van der Waals surface area contributed by atoms with Gasteiger partial charge in [0.1, 0.15) is 11.6 Å². The molecule has 4 nitrogen and oxygen atoms in total. The van der Waals surface area contributed by atoms with Crippen LogP contribution in [0.1, 0.15) is 37.7 Å². The second-order valence-electron chi connectivity index (χ2n) is 4.68. The number of ether oxygens (including phenoxy) is 1. The second kappa shape index (κ2) is 7.54. The van der Waals surface area contributed by atoms with Crippen molar-refractivity contribution in [3.05, 3.63) is 17.6 Å². The van der Waals surface area contributed by atoms with Crippen molar-refractivity contribution in [1.82, 2.24) is 9.97 Å². The van der Waals surface area contributed by atoms with Crippen molar-refractivity contribution < 1.29 is 4.74 Å². The summed E-state index contributed by atoms with van der Waals surface area (Å²) in [6, 6.07) is 2.13. The first-order chi connectivity index (χ1) is 8.56. The predicted molar refractivity (Wildman–Crippen MR) is 75.5 cm³/mol.